The van der Waals surface area contributed by atoms with Gasteiger partial charge in [0.25, 0.3) is 0 Å². The van der Waals surface area contributed by atoms with E-state index in [1.807, 2.05) is 0 Å². The number of ketones is 2. The first-order valence-corrected chi connectivity index (χ1v) is 9.04. The van der Waals surface area contributed by atoms with Gasteiger partial charge in [0, 0.05) is 18.8 Å². The Morgan fingerprint density at radius 3 is 2.76 bits per heavy atom. The summed E-state index contributed by atoms with van der Waals surface area (Å²) in [5.74, 6) is 3.09. The fourth-order valence-corrected chi connectivity index (χ4v) is 5.96. The maximum absolute atomic E-state index is 12.4. The van der Waals surface area contributed by atoms with E-state index in [0.29, 0.717) is 23.5 Å². The van der Waals surface area contributed by atoms with Crippen LogP contribution in [0.15, 0.2) is 0 Å². The van der Waals surface area contributed by atoms with Crippen molar-refractivity contribution in [3.63, 3.8) is 0 Å². The van der Waals surface area contributed by atoms with E-state index in [0.717, 1.165) is 31.1 Å². The Kier molecular flexibility index (Phi) is 4.25. The molecule has 3 rings (SSSR count). The highest BCUT2D eigenvalue weighted by atomic mass is 16.1. The fraction of sp³-hybridized carbons (Fsp3) is 0.895. The Balaban J connectivity index is 1.79. The van der Waals surface area contributed by atoms with Gasteiger partial charge in [-0.25, -0.2) is 0 Å². The predicted octanol–water partition coefficient (Wildman–Crippen LogP) is 4.56. The van der Waals surface area contributed by atoms with Crippen LogP contribution >= 0.6 is 0 Å². The van der Waals surface area contributed by atoms with Crippen molar-refractivity contribution in [2.45, 2.75) is 78.1 Å². The van der Waals surface area contributed by atoms with Gasteiger partial charge in [0.15, 0.2) is 0 Å². The molecule has 3 saturated carbocycles. The summed E-state index contributed by atoms with van der Waals surface area (Å²) in [5.41, 5.74) is 0.482. The van der Waals surface area contributed by atoms with Gasteiger partial charge >= 0.3 is 0 Å². The highest BCUT2D eigenvalue weighted by Crippen LogP contribution is 2.59. The first-order valence-electron chi connectivity index (χ1n) is 9.04. The van der Waals surface area contributed by atoms with Crippen LogP contribution in [0.5, 0.6) is 0 Å². The van der Waals surface area contributed by atoms with Gasteiger partial charge in [-0.05, 0) is 68.6 Å². The first-order chi connectivity index (χ1) is 10.0. The molecule has 0 radical (unpaired) electrons. The molecule has 5 atom stereocenters. The second-order valence-electron chi connectivity index (χ2n) is 8.15. The van der Waals surface area contributed by atoms with Crippen LogP contribution in [0.2, 0.25) is 0 Å². The molecule has 2 heteroatoms. The van der Waals surface area contributed by atoms with E-state index >= 15 is 0 Å². The lowest BCUT2D eigenvalue weighted by Gasteiger charge is -2.57. The van der Waals surface area contributed by atoms with Crippen molar-refractivity contribution in [1.29, 1.82) is 0 Å². The molecule has 21 heavy (non-hydrogen) atoms. The van der Waals surface area contributed by atoms with Gasteiger partial charge in [-0.15, -0.1) is 0 Å². The van der Waals surface area contributed by atoms with Crippen LogP contribution in [-0.4, -0.2) is 11.6 Å². The molecule has 2 nitrogen and oxygen atoms in total. The fourth-order valence-electron chi connectivity index (χ4n) is 5.96. The molecule has 3 aliphatic rings. The number of fused-ring (bicyclic) bond motifs is 3. The summed E-state index contributed by atoms with van der Waals surface area (Å²) in [4.78, 5) is 23.7. The number of hydrogen-bond donors (Lipinski definition) is 0. The van der Waals surface area contributed by atoms with E-state index in [1.165, 1.54) is 38.5 Å². The van der Waals surface area contributed by atoms with Crippen molar-refractivity contribution in [2.24, 2.45) is 29.1 Å². The Hall–Kier alpha value is -0.660. The molecule has 0 aromatic heterocycles. The third-order valence-electron chi connectivity index (χ3n) is 7.10. The van der Waals surface area contributed by atoms with Crippen LogP contribution in [0.1, 0.15) is 78.1 Å². The molecule has 0 amide bonds. The van der Waals surface area contributed by atoms with E-state index < -0.39 is 0 Å². The molecule has 0 bridgehead atoms. The lowest BCUT2D eigenvalue weighted by Crippen LogP contribution is -2.50. The molecule has 0 aromatic carbocycles. The number of carbonyl (C=O) groups excluding carboxylic acids is 2. The van der Waals surface area contributed by atoms with E-state index in [-0.39, 0.29) is 11.7 Å². The van der Waals surface area contributed by atoms with Gasteiger partial charge in [-0.3, -0.25) is 4.79 Å². The number of hydrogen-bond acceptors (Lipinski definition) is 2. The van der Waals surface area contributed by atoms with Crippen molar-refractivity contribution in [1.82, 2.24) is 0 Å². The van der Waals surface area contributed by atoms with Crippen molar-refractivity contribution >= 4 is 11.6 Å². The van der Waals surface area contributed by atoms with E-state index in [1.54, 1.807) is 6.92 Å². The second kappa shape index (κ2) is 5.85. The number of Topliss-reactive ketones (excluding diaryl/α,β-unsaturated/α-hetero) is 2. The van der Waals surface area contributed by atoms with E-state index in [4.69, 9.17) is 0 Å². The van der Waals surface area contributed by atoms with Gasteiger partial charge in [0.1, 0.15) is 11.6 Å². The number of carbonyl (C=O) groups is 2. The average molecular weight is 290 g/mol. The van der Waals surface area contributed by atoms with Crippen LogP contribution in [0.25, 0.3) is 0 Å². The summed E-state index contributed by atoms with van der Waals surface area (Å²) in [6.07, 6.45) is 11.4. The summed E-state index contributed by atoms with van der Waals surface area (Å²) < 4.78 is 0. The smallest absolute Gasteiger partial charge is 0.136 e. The molecule has 0 N–H and O–H groups in total. The lowest BCUT2D eigenvalue weighted by atomic mass is 9.48. The summed E-state index contributed by atoms with van der Waals surface area (Å²) in [6, 6.07) is 0. The Bertz CT molecular complexity index is 427. The van der Waals surface area contributed by atoms with Crippen molar-refractivity contribution in [2.75, 3.05) is 0 Å². The molecule has 118 valence electrons. The van der Waals surface area contributed by atoms with Crippen molar-refractivity contribution < 1.29 is 9.59 Å². The van der Waals surface area contributed by atoms with Crippen molar-refractivity contribution in [3.05, 3.63) is 0 Å². The van der Waals surface area contributed by atoms with Gasteiger partial charge in [-0.1, -0.05) is 19.8 Å². The third kappa shape index (κ3) is 2.71. The topological polar surface area (TPSA) is 34.1 Å². The minimum atomic E-state index is 0.187. The average Bonchev–Trinajstić information content (AvgIpc) is 2.45. The molecule has 0 saturated heterocycles. The second-order valence-corrected chi connectivity index (χ2v) is 8.15. The normalized spacial score (nSPS) is 43.0. The molecular weight excluding hydrogens is 260 g/mol. The van der Waals surface area contributed by atoms with E-state index in [2.05, 4.69) is 6.92 Å². The standard InChI is InChI=1S/C19H30O2/c1-13(20)6-8-16-15-9-7-14-5-3-4-12-19(14,2)17(15)10-11-18(16)21/h14-17H,3-12H2,1-2H3/t14-,15-,16?,17-,19-/m0/s1. The van der Waals surface area contributed by atoms with Crippen molar-refractivity contribution in [3.8, 4) is 0 Å². The van der Waals surface area contributed by atoms with Gasteiger partial charge < -0.3 is 4.79 Å². The third-order valence-corrected chi connectivity index (χ3v) is 7.10. The monoisotopic (exact) mass is 290 g/mol. The lowest BCUT2D eigenvalue weighted by molar-refractivity contribution is -0.138. The molecule has 0 aliphatic heterocycles. The van der Waals surface area contributed by atoms with Crippen LogP contribution < -0.4 is 0 Å². The zero-order chi connectivity index (χ0) is 15.0. The summed E-state index contributed by atoms with van der Waals surface area (Å²) in [5, 5.41) is 0. The largest absolute Gasteiger partial charge is 0.300 e. The predicted molar refractivity (Wildman–Crippen MR) is 83.9 cm³/mol. The minimum absolute atomic E-state index is 0.187. The van der Waals surface area contributed by atoms with Crippen LogP contribution in [0.3, 0.4) is 0 Å². The maximum Gasteiger partial charge on any atom is 0.136 e. The Labute approximate surface area is 129 Å². The zero-order valence-electron chi connectivity index (χ0n) is 13.7. The number of rotatable bonds is 3. The Morgan fingerprint density at radius 2 is 2.00 bits per heavy atom. The first kappa shape index (κ1) is 15.2. The summed E-state index contributed by atoms with van der Waals surface area (Å²) in [7, 11) is 0. The Morgan fingerprint density at radius 1 is 1.19 bits per heavy atom. The molecule has 0 aromatic rings. The van der Waals surface area contributed by atoms with E-state index in [9.17, 15) is 9.59 Å². The quantitative estimate of drug-likeness (QED) is 0.763. The van der Waals surface area contributed by atoms with Gasteiger partial charge in [0.05, 0.1) is 0 Å². The van der Waals surface area contributed by atoms with Gasteiger partial charge in [-0.2, -0.15) is 0 Å². The molecular formula is C19H30O2. The minimum Gasteiger partial charge on any atom is -0.300 e. The highest BCUT2D eigenvalue weighted by molar-refractivity contribution is 5.83. The molecule has 3 aliphatic carbocycles. The SMILES string of the molecule is CC(=O)CCC1C(=O)CC[C@H]2[C@H]1CC[C@@H]1CCCC[C@@]12C. The summed E-state index contributed by atoms with van der Waals surface area (Å²) in [6.45, 7) is 4.18. The molecule has 0 spiro atoms. The molecule has 3 fully saturated rings. The van der Waals surface area contributed by atoms with Crippen LogP contribution in [-0.2, 0) is 9.59 Å². The molecule has 1 unspecified atom stereocenters. The summed E-state index contributed by atoms with van der Waals surface area (Å²) >= 11 is 0. The van der Waals surface area contributed by atoms with Gasteiger partial charge in [0.2, 0.25) is 0 Å². The maximum atomic E-state index is 12.4. The highest BCUT2D eigenvalue weighted by Gasteiger charge is 2.53. The zero-order valence-corrected chi connectivity index (χ0v) is 13.7. The van der Waals surface area contributed by atoms with Crippen LogP contribution in [0, 0.1) is 29.1 Å². The molecule has 0 heterocycles. The van der Waals surface area contributed by atoms with Crippen LogP contribution in [0.4, 0.5) is 0 Å².